The van der Waals surface area contributed by atoms with Crippen molar-refractivity contribution in [1.29, 1.82) is 0 Å². The average Bonchev–Trinajstić information content (AvgIpc) is 2.50. The summed E-state index contributed by atoms with van der Waals surface area (Å²) in [6.07, 6.45) is 6.52. The van der Waals surface area contributed by atoms with Crippen LogP contribution in [0.25, 0.3) is 0 Å². The van der Waals surface area contributed by atoms with Crippen molar-refractivity contribution in [2.45, 2.75) is 65.1 Å². The molecule has 0 saturated heterocycles. The monoisotopic (exact) mass is 292 g/mol. The molecular formula is C18H28O3. The number of unbranched alkanes of at least 4 members (excludes halogenated alkanes) is 4. The molecule has 118 valence electrons. The highest BCUT2D eigenvalue weighted by atomic mass is 16.5. The molecule has 0 heterocycles. The van der Waals surface area contributed by atoms with Gasteiger partial charge in [0.2, 0.25) is 0 Å². The van der Waals surface area contributed by atoms with Crippen molar-refractivity contribution in [3.05, 3.63) is 35.9 Å². The fourth-order valence-electron chi connectivity index (χ4n) is 2.36. The highest BCUT2D eigenvalue weighted by Gasteiger charge is 2.23. The van der Waals surface area contributed by atoms with Gasteiger partial charge in [-0.05, 0) is 18.9 Å². The van der Waals surface area contributed by atoms with Crippen molar-refractivity contribution in [2.75, 3.05) is 0 Å². The SMILES string of the molecule is CCCCCCCC(OCc1ccccc1)C(C)C(=O)O. The Hall–Kier alpha value is -1.35. The van der Waals surface area contributed by atoms with E-state index in [0.717, 1.165) is 24.8 Å². The van der Waals surface area contributed by atoms with Crippen LogP contribution in [-0.4, -0.2) is 17.2 Å². The van der Waals surface area contributed by atoms with Gasteiger partial charge in [0.25, 0.3) is 0 Å². The minimum atomic E-state index is -0.776. The van der Waals surface area contributed by atoms with Crippen molar-refractivity contribution >= 4 is 5.97 Å². The summed E-state index contributed by atoms with van der Waals surface area (Å²) in [6.45, 7) is 4.42. The molecule has 0 spiro atoms. The van der Waals surface area contributed by atoms with Gasteiger partial charge in [-0.2, -0.15) is 0 Å². The minimum absolute atomic E-state index is 0.204. The zero-order valence-electron chi connectivity index (χ0n) is 13.3. The molecule has 0 fully saturated rings. The topological polar surface area (TPSA) is 46.5 Å². The second-order valence-electron chi connectivity index (χ2n) is 5.66. The van der Waals surface area contributed by atoms with Gasteiger partial charge in [0.1, 0.15) is 0 Å². The second-order valence-corrected chi connectivity index (χ2v) is 5.66. The van der Waals surface area contributed by atoms with Crippen molar-refractivity contribution in [2.24, 2.45) is 5.92 Å². The van der Waals surface area contributed by atoms with Crippen LogP contribution in [-0.2, 0) is 16.1 Å². The van der Waals surface area contributed by atoms with Crippen molar-refractivity contribution in [3.8, 4) is 0 Å². The molecule has 2 atom stereocenters. The zero-order chi connectivity index (χ0) is 15.5. The molecule has 0 saturated carbocycles. The lowest BCUT2D eigenvalue weighted by Gasteiger charge is -2.21. The first-order chi connectivity index (χ1) is 10.1. The summed E-state index contributed by atoms with van der Waals surface area (Å²) in [5.41, 5.74) is 1.09. The van der Waals surface area contributed by atoms with E-state index in [1.165, 1.54) is 19.3 Å². The highest BCUT2D eigenvalue weighted by Crippen LogP contribution is 2.18. The van der Waals surface area contributed by atoms with E-state index >= 15 is 0 Å². The van der Waals surface area contributed by atoms with Crippen LogP contribution in [0.4, 0.5) is 0 Å². The quantitative estimate of drug-likeness (QED) is 0.604. The van der Waals surface area contributed by atoms with Crippen LogP contribution in [0.3, 0.4) is 0 Å². The first-order valence-electron chi connectivity index (χ1n) is 8.03. The molecule has 0 aliphatic rings. The lowest BCUT2D eigenvalue weighted by molar-refractivity contribution is -0.147. The molecule has 0 aromatic heterocycles. The molecule has 0 aliphatic heterocycles. The van der Waals surface area contributed by atoms with Crippen molar-refractivity contribution in [3.63, 3.8) is 0 Å². The van der Waals surface area contributed by atoms with E-state index in [4.69, 9.17) is 4.74 Å². The third-order valence-corrected chi connectivity index (χ3v) is 3.85. The molecule has 1 N–H and O–H groups in total. The molecule has 0 aliphatic carbocycles. The number of carboxylic acids is 1. The van der Waals surface area contributed by atoms with E-state index in [2.05, 4.69) is 6.92 Å². The Bertz CT molecular complexity index is 389. The average molecular weight is 292 g/mol. The van der Waals surface area contributed by atoms with Gasteiger partial charge in [-0.3, -0.25) is 4.79 Å². The maximum absolute atomic E-state index is 11.2. The van der Waals surface area contributed by atoms with Crippen LogP contribution >= 0.6 is 0 Å². The fourth-order valence-corrected chi connectivity index (χ4v) is 2.36. The Kier molecular flexibility index (Phi) is 8.76. The third-order valence-electron chi connectivity index (χ3n) is 3.85. The fraction of sp³-hybridized carbons (Fsp3) is 0.611. The molecule has 3 nitrogen and oxygen atoms in total. The van der Waals surface area contributed by atoms with Crippen molar-refractivity contribution < 1.29 is 14.6 Å². The summed E-state index contributed by atoms with van der Waals surface area (Å²) < 4.78 is 5.88. The predicted octanol–water partition coefficient (Wildman–Crippen LogP) is 4.65. The van der Waals surface area contributed by atoms with E-state index in [-0.39, 0.29) is 6.10 Å². The number of ether oxygens (including phenoxy) is 1. The maximum Gasteiger partial charge on any atom is 0.308 e. The van der Waals surface area contributed by atoms with Crippen molar-refractivity contribution in [1.82, 2.24) is 0 Å². The standard InChI is InChI=1S/C18H28O3/c1-3-4-5-6-10-13-17(15(2)18(19)20)21-14-16-11-8-7-9-12-16/h7-9,11-12,15,17H,3-6,10,13-14H2,1-2H3,(H,19,20). The summed E-state index contributed by atoms with van der Waals surface area (Å²) in [6, 6.07) is 9.92. The van der Waals surface area contributed by atoms with Gasteiger partial charge in [0.05, 0.1) is 18.6 Å². The van der Waals surface area contributed by atoms with Gasteiger partial charge < -0.3 is 9.84 Å². The molecule has 2 unspecified atom stereocenters. The summed E-state index contributed by atoms with van der Waals surface area (Å²) in [7, 11) is 0. The van der Waals surface area contributed by atoms with Gasteiger partial charge in [0.15, 0.2) is 0 Å². The molecule has 1 aromatic rings. The smallest absolute Gasteiger partial charge is 0.308 e. The lowest BCUT2D eigenvalue weighted by Crippen LogP contribution is -2.28. The minimum Gasteiger partial charge on any atom is -0.481 e. The zero-order valence-corrected chi connectivity index (χ0v) is 13.3. The summed E-state index contributed by atoms with van der Waals surface area (Å²) in [4.78, 5) is 11.2. The first-order valence-corrected chi connectivity index (χ1v) is 8.03. The predicted molar refractivity (Wildman–Crippen MR) is 85.2 cm³/mol. The Morgan fingerprint density at radius 1 is 1.14 bits per heavy atom. The highest BCUT2D eigenvalue weighted by molar-refractivity contribution is 5.70. The lowest BCUT2D eigenvalue weighted by atomic mass is 9.98. The molecule has 0 radical (unpaired) electrons. The molecule has 0 amide bonds. The Morgan fingerprint density at radius 2 is 1.81 bits per heavy atom. The maximum atomic E-state index is 11.2. The molecule has 1 aromatic carbocycles. The number of hydrogen-bond donors (Lipinski definition) is 1. The second kappa shape index (κ2) is 10.4. The van der Waals surface area contributed by atoms with Crippen LogP contribution in [0, 0.1) is 5.92 Å². The third kappa shape index (κ3) is 7.28. The van der Waals surface area contributed by atoms with E-state index in [9.17, 15) is 9.90 Å². The van der Waals surface area contributed by atoms with Crippen LogP contribution in [0.15, 0.2) is 30.3 Å². The van der Waals surface area contributed by atoms with E-state index in [0.29, 0.717) is 6.61 Å². The number of carboxylic acid groups (broad SMARTS) is 1. The van der Waals surface area contributed by atoms with Crippen LogP contribution in [0.2, 0.25) is 0 Å². The first kappa shape index (κ1) is 17.7. The van der Waals surface area contributed by atoms with Gasteiger partial charge in [-0.25, -0.2) is 0 Å². The molecule has 21 heavy (non-hydrogen) atoms. The van der Waals surface area contributed by atoms with E-state index in [1.807, 2.05) is 30.3 Å². The Balaban J connectivity index is 2.42. The molecule has 3 heteroatoms. The van der Waals surface area contributed by atoms with Crippen LogP contribution < -0.4 is 0 Å². The Labute approximate surface area is 128 Å². The van der Waals surface area contributed by atoms with E-state index in [1.54, 1.807) is 6.92 Å². The number of hydrogen-bond acceptors (Lipinski definition) is 2. The van der Waals surface area contributed by atoms with Gasteiger partial charge in [-0.15, -0.1) is 0 Å². The van der Waals surface area contributed by atoms with E-state index < -0.39 is 11.9 Å². The molecule has 1 rings (SSSR count). The van der Waals surface area contributed by atoms with Crippen LogP contribution in [0.5, 0.6) is 0 Å². The Morgan fingerprint density at radius 3 is 2.43 bits per heavy atom. The summed E-state index contributed by atoms with van der Waals surface area (Å²) in [5.74, 6) is -1.23. The van der Waals surface area contributed by atoms with Crippen LogP contribution in [0.1, 0.15) is 57.9 Å². The number of rotatable bonds is 11. The molecule has 0 bridgehead atoms. The summed E-state index contributed by atoms with van der Waals surface area (Å²) >= 11 is 0. The van der Waals surface area contributed by atoms with Gasteiger partial charge >= 0.3 is 5.97 Å². The van der Waals surface area contributed by atoms with Gasteiger partial charge in [-0.1, -0.05) is 69.4 Å². The molecular weight excluding hydrogens is 264 g/mol. The number of aliphatic carboxylic acids is 1. The summed E-state index contributed by atoms with van der Waals surface area (Å²) in [5, 5.41) is 9.21. The normalized spacial score (nSPS) is 13.8. The largest absolute Gasteiger partial charge is 0.481 e. The van der Waals surface area contributed by atoms with Gasteiger partial charge in [0, 0.05) is 0 Å². The number of benzene rings is 1. The number of carbonyl (C=O) groups is 1.